The van der Waals surface area contributed by atoms with Gasteiger partial charge in [-0.05, 0) is 18.6 Å². The highest BCUT2D eigenvalue weighted by atomic mass is 32.2. The van der Waals surface area contributed by atoms with Gasteiger partial charge >= 0.3 is 0 Å². The predicted octanol–water partition coefficient (Wildman–Crippen LogP) is 0.592. The highest BCUT2D eigenvalue weighted by Gasteiger charge is 2.27. The van der Waals surface area contributed by atoms with Gasteiger partial charge in [0.1, 0.15) is 0 Å². The molecule has 0 atom stereocenters. The summed E-state index contributed by atoms with van der Waals surface area (Å²) in [6.45, 7) is 0.435. The Hall–Kier alpha value is -2.19. The molecule has 1 aromatic heterocycles. The van der Waals surface area contributed by atoms with Gasteiger partial charge in [0.2, 0.25) is 16.0 Å². The zero-order valence-electron chi connectivity index (χ0n) is 13.0. The van der Waals surface area contributed by atoms with E-state index in [1.807, 2.05) is 30.3 Å². The number of nitrogens with zero attached hydrogens (tertiary/aromatic N) is 3. The topological polar surface area (TPSA) is 84.3 Å². The van der Waals surface area contributed by atoms with Crippen molar-refractivity contribution in [3.63, 3.8) is 0 Å². The molecule has 0 spiro atoms. The summed E-state index contributed by atoms with van der Waals surface area (Å²) in [6, 6.07) is 9.26. The molecule has 2 aromatic rings. The minimum atomic E-state index is -3.30. The Morgan fingerprint density at radius 1 is 1.22 bits per heavy atom. The minimum absolute atomic E-state index is 0.133. The number of aromatic nitrogens is 2. The Labute approximate surface area is 134 Å². The second-order valence-electron chi connectivity index (χ2n) is 5.43. The molecule has 0 saturated heterocycles. The number of para-hydroxylation sites is 1. The number of hydrogen-bond donors (Lipinski definition) is 1. The van der Waals surface area contributed by atoms with Crippen LogP contribution in [0, 0.1) is 0 Å². The SMILES string of the molecule is CNc1nc2c(c(=O)n1-c1ccccc1)CCN(S(C)(=O)=O)C2. The second kappa shape index (κ2) is 5.78. The third-order valence-corrected chi connectivity index (χ3v) is 5.16. The van der Waals surface area contributed by atoms with Crippen molar-refractivity contribution >= 4 is 16.0 Å². The maximum absolute atomic E-state index is 12.9. The van der Waals surface area contributed by atoms with Gasteiger partial charge in [0.25, 0.3) is 5.56 Å². The van der Waals surface area contributed by atoms with Crippen molar-refractivity contribution in [1.82, 2.24) is 13.9 Å². The summed E-state index contributed by atoms with van der Waals surface area (Å²) in [5, 5.41) is 2.92. The van der Waals surface area contributed by atoms with E-state index in [0.29, 0.717) is 30.2 Å². The molecule has 2 heterocycles. The summed E-state index contributed by atoms with van der Waals surface area (Å²) in [6.07, 6.45) is 1.53. The Bertz CT molecular complexity index is 891. The Kier molecular flexibility index (Phi) is 3.95. The fourth-order valence-electron chi connectivity index (χ4n) is 2.73. The number of hydrogen-bond acceptors (Lipinski definition) is 5. The van der Waals surface area contributed by atoms with Crippen LogP contribution in [-0.4, -0.2) is 42.1 Å². The first kappa shape index (κ1) is 15.7. The maximum Gasteiger partial charge on any atom is 0.263 e. The van der Waals surface area contributed by atoms with Crippen LogP contribution in [-0.2, 0) is 23.0 Å². The minimum Gasteiger partial charge on any atom is -0.358 e. The van der Waals surface area contributed by atoms with Gasteiger partial charge in [-0.15, -0.1) is 0 Å². The highest BCUT2D eigenvalue weighted by Crippen LogP contribution is 2.20. The zero-order chi connectivity index (χ0) is 16.6. The van der Waals surface area contributed by atoms with E-state index < -0.39 is 10.0 Å². The fraction of sp³-hybridized carbons (Fsp3) is 0.333. The van der Waals surface area contributed by atoms with E-state index in [4.69, 9.17) is 0 Å². The Morgan fingerprint density at radius 3 is 2.52 bits per heavy atom. The largest absolute Gasteiger partial charge is 0.358 e. The number of benzene rings is 1. The quantitative estimate of drug-likeness (QED) is 0.888. The summed E-state index contributed by atoms with van der Waals surface area (Å²) < 4.78 is 26.3. The lowest BCUT2D eigenvalue weighted by Gasteiger charge is -2.26. The van der Waals surface area contributed by atoms with Crippen molar-refractivity contribution < 1.29 is 8.42 Å². The van der Waals surface area contributed by atoms with Crippen LogP contribution in [0.1, 0.15) is 11.3 Å². The van der Waals surface area contributed by atoms with Gasteiger partial charge in [0, 0.05) is 19.2 Å². The average Bonchev–Trinajstić information content (AvgIpc) is 2.54. The van der Waals surface area contributed by atoms with Crippen LogP contribution in [0.15, 0.2) is 35.1 Å². The van der Waals surface area contributed by atoms with Gasteiger partial charge in [-0.3, -0.25) is 4.79 Å². The van der Waals surface area contributed by atoms with E-state index in [9.17, 15) is 13.2 Å². The molecule has 0 aliphatic carbocycles. The van der Waals surface area contributed by atoms with Gasteiger partial charge in [-0.2, -0.15) is 4.31 Å². The van der Waals surface area contributed by atoms with Crippen LogP contribution >= 0.6 is 0 Å². The number of anilines is 1. The monoisotopic (exact) mass is 334 g/mol. The summed E-state index contributed by atoms with van der Waals surface area (Å²) in [4.78, 5) is 17.3. The molecule has 0 radical (unpaired) electrons. The second-order valence-corrected chi connectivity index (χ2v) is 7.42. The molecule has 7 nitrogen and oxygen atoms in total. The van der Waals surface area contributed by atoms with Crippen molar-refractivity contribution in [2.45, 2.75) is 13.0 Å². The van der Waals surface area contributed by atoms with Gasteiger partial charge in [-0.1, -0.05) is 18.2 Å². The van der Waals surface area contributed by atoms with E-state index >= 15 is 0 Å². The predicted molar refractivity (Wildman–Crippen MR) is 88.3 cm³/mol. The summed E-state index contributed by atoms with van der Waals surface area (Å²) in [7, 11) is -1.61. The van der Waals surface area contributed by atoms with Gasteiger partial charge < -0.3 is 5.32 Å². The fourth-order valence-corrected chi connectivity index (χ4v) is 3.51. The maximum atomic E-state index is 12.9. The molecule has 3 rings (SSSR count). The van der Waals surface area contributed by atoms with Crippen LogP contribution < -0.4 is 10.9 Å². The normalized spacial score (nSPS) is 15.2. The van der Waals surface area contributed by atoms with Crippen LogP contribution in [0.25, 0.3) is 5.69 Å². The van der Waals surface area contributed by atoms with E-state index in [1.165, 1.54) is 15.1 Å². The standard InChI is InChI=1S/C15H18N4O3S/c1-16-15-17-13-10-18(23(2,21)22)9-8-12(13)14(20)19(15)11-6-4-3-5-7-11/h3-7H,8-10H2,1-2H3,(H,16,17). The van der Waals surface area contributed by atoms with Crippen molar-refractivity contribution in [2.75, 3.05) is 25.2 Å². The molecule has 23 heavy (non-hydrogen) atoms. The van der Waals surface area contributed by atoms with E-state index in [0.717, 1.165) is 5.69 Å². The van der Waals surface area contributed by atoms with Crippen LogP contribution in [0.5, 0.6) is 0 Å². The summed E-state index contributed by atoms with van der Waals surface area (Å²) >= 11 is 0. The molecule has 0 unspecified atom stereocenters. The van der Waals surface area contributed by atoms with Crippen LogP contribution in [0.4, 0.5) is 5.95 Å². The van der Waals surface area contributed by atoms with E-state index in [2.05, 4.69) is 10.3 Å². The molecule has 8 heteroatoms. The molecule has 1 N–H and O–H groups in total. The number of sulfonamides is 1. The third kappa shape index (κ3) is 2.87. The average molecular weight is 334 g/mol. The van der Waals surface area contributed by atoms with Crippen molar-refractivity contribution in [3.05, 3.63) is 51.9 Å². The molecular weight excluding hydrogens is 316 g/mol. The van der Waals surface area contributed by atoms with Gasteiger partial charge in [-0.25, -0.2) is 18.0 Å². The lowest BCUT2D eigenvalue weighted by molar-refractivity contribution is 0.386. The molecule has 0 saturated carbocycles. The zero-order valence-corrected chi connectivity index (χ0v) is 13.8. The van der Waals surface area contributed by atoms with Crippen LogP contribution in [0.2, 0.25) is 0 Å². The van der Waals surface area contributed by atoms with Crippen LogP contribution in [0.3, 0.4) is 0 Å². The Morgan fingerprint density at radius 2 is 1.91 bits per heavy atom. The summed E-state index contributed by atoms with van der Waals surface area (Å²) in [5.41, 5.74) is 1.66. The molecule has 122 valence electrons. The smallest absolute Gasteiger partial charge is 0.263 e. The number of nitrogens with one attached hydrogen (secondary N) is 1. The molecule has 1 aromatic carbocycles. The van der Waals surface area contributed by atoms with Crippen molar-refractivity contribution in [2.24, 2.45) is 0 Å². The van der Waals surface area contributed by atoms with Crippen molar-refractivity contribution in [3.8, 4) is 5.69 Å². The first-order valence-electron chi connectivity index (χ1n) is 7.25. The molecule has 1 aliphatic heterocycles. The van der Waals surface area contributed by atoms with Crippen molar-refractivity contribution in [1.29, 1.82) is 0 Å². The summed E-state index contributed by atoms with van der Waals surface area (Å²) in [5.74, 6) is 0.398. The lowest BCUT2D eigenvalue weighted by atomic mass is 10.1. The van der Waals surface area contributed by atoms with Gasteiger partial charge in [0.05, 0.1) is 24.2 Å². The van der Waals surface area contributed by atoms with E-state index in [1.54, 1.807) is 7.05 Å². The molecular formula is C15H18N4O3S. The Balaban J connectivity index is 2.16. The first-order chi connectivity index (χ1) is 10.9. The van der Waals surface area contributed by atoms with E-state index in [-0.39, 0.29) is 12.1 Å². The third-order valence-electron chi connectivity index (χ3n) is 3.91. The first-order valence-corrected chi connectivity index (χ1v) is 9.09. The lowest BCUT2D eigenvalue weighted by Crippen LogP contribution is -2.40. The molecule has 0 fully saturated rings. The molecule has 0 bridgehead atoms. The molecule has 1 aliphatic rings. The van der Waals surface area contributed by atoms with Gasteiger partial charge in [0.15, 0.2) is 0 Å². The number of rotatable bonds is 3. The highest BCUT2D eigenvalue weighted by molar-refractivity contribution is 7.88. The molecule has 0 amide bonds. The number of fused-ring (bicyclic) bond motifs is 1.